The number of methoxy groups -OCH3 is 1. The molecule has 1 fully saturated rings. The van der Waals surface area contributed by atoms with Crippen molar-refractivity contribution in [3.63, 3.8) is 0 Å². The zero-order chi connectivity index (χ0) is 15.5. The number of aryl methyl sites for hydroxylation is 1. The van der Waals surface area contributed by atoms with Crippen molar-refractivity contribution in [3.8, 4) is 5.75 Å². The summed E-state index contributed by atoms with van der Waals surface area (Å²) in [6.07, 6.45) is 3.82. The molecule has 1 aromatic carbocycles. The van der Waals surface area contributed by atoms with Crippen molar-refractivity contribution in [2.24, 2.45) is 7.05 Å². The van der Waals surface area contributed by atoms with Crippen molar-refractivity contribution in [1.29, 1.82) is 0 Å². The molecule has 0 N–H and O–H groups in total. The molecule has 0 saturated carbocycles. The van der Waals surface area contributed by atoms with Gasteiger partial charge >= 0.3 is 0 Å². The van der Waals surface area contributed by atoms with Gasteiger partial charge in [0, 0.05) is 45.0 Å². The average molecular weight is 300 g/mol. The maximum Gasteiger partial charge on any atom is 0.123 e. The normalized spacial score (nSPS) is 20.2. The Balaban J connectivity index is 1.77. The molecule has 2 heterocycles. The number of hydrogen-bond acceptors (Lipinski definition) is 4. The summed E-state index contributed by atoms with van der Waals surface area (Å²) in [6.45, 7) is 4.08. The Kier molecular flexibility index (Phi) is 4.45. The van der Waals surface area contributed by atoms with Crippen LogP contribution in [0, 0.1) is 0 Å². The quantitative estimate of drug-likeness (QED) is 0.864. The van der Waals surface area contributed by atoms with Crippen LogP contribution in [-0.2, 0) is 13.6 Å². The van der Waals surface area contributed by atoms with Gasteiger partial charge in [-0.05, 0) is 13.1 Å². The van der Waals surface area contributed by atoms with E-state index >= 15 is 0 Å². The number of benzene rings is 1. The predicted octanol–water partition coefficient (Wildman–Crippen LogP) is 1.92. The van der Waals surface area contributed by atoms with E-state index in [4.69, 9.17) is 4.74 Å². The summed E-state index contributed by atoms with van der Waals surface area (Å²) in [5.74, 6) is 0.974. The number of piperazine rings is 1. The average Bonchev–Trinajstić information content (AvgIpc) is 2.94. The van der Waals surface area contributed by atoms with Crippen LogP contribution in [0.3, 0.4) is 0 Å². The zero-order valence-electron chi connectivity index (χ0n) is 13.6. The molecule has 0 spiro atoms. The smallest absolute Gasteiger partial charge is 0.123 e. The van der Waals surface area contributed by atoms with Crippen LogP contribution in [0.25, 0.3) is 0 Å². The third kappa shape index (κ3) is 3.00. The van der Waals surface area contributed by atoms with Gasteiger partial charge in [0.05, 0.1) is 25.2 Å². The van der Waals surface area contributed by atoms with Gasteiger partial charge in [0.2, 0.25) is 0 Å². The van der Waals surface area contributed by atoms with Crippen LogP contribution in [0.4, 0.5) is 0 Å². The van der Waals surface area contributed by atoms with Gasteiger partial charge in [-0.3, -0.25) is 9.80 Å². The van der Waals surface area contributed by atoms with Crippen LogP contribution in [0.1, 0.15) is 17.3 Å². The Bertz CT molecular complexity index is 625. The van der Waals surface area contributed by atoms with E-state index in [0.29, 0.717) is 6.04 Å². The van der Waals surface area contributed by atoms with E-state index in [1.54, 1.807) is 7.11 Å². The molecule has 118 valence electrons. The van der Waals surface area contributed by atoms with Gasteiger partial charge in [0.1, 0.15) is 5.75 Å². The molecule has 0 amide bonds. The summed E-state index contributed by atoms with van der Waals surface area (Å²) >= 11 is 0. The zero-order valence-corrected chi connectivity index (χ0v) is 13.6. The molecule has 1 saturated heterocycles. The van der Waals surface area contributed by atoms with Gasteiger partial charge in [0.15, 0.2) is 0 Å². The standard InChI is InChI=1S/C17H24N4O/c1-19-8-9-21(11-14-10-18-13-20(14)2)12-16(19)15-6-4-5-7-17(15)22-3/h4-7,10,13,16H,8-9,11-12H2,1-3H3/t16-/m1/s1. The fourth-order valence-electron chi connectivity index (χ4n) is 3.12. The van der Waals surface area contributed by atoms with Gasteiger partial charge in [-0.2, -0.15) is 0 Å². The second-order valence-electron chi connectivity index (χ2n) is 5.97. The summed E-state index contributed by atoms with van der Waals surface area (Å²) < 4.78 is 7.64. The maximum absolute atomic E-state index is 5.55. The number of hydrogen-bond donors (Lipinski definition) is 0. The molecule has 22 heavy (non-hydrogen) atoms. The molecule has 1 aromatic heterocycles. The third-order valence-electron chi connectivity index (χ3n) is 4.53. The van der Waals surface area contributed by atoms with Crippen molar-refractivity contribution in [3.05, 3.63) is 48.0 Å². The minimum Gasteiger partial charge on any atom is -0.496 e. The van der Waals surface area contributed by atoms with E-state index in [1.165, 1.54) is 11.3 Å². The first-order chi connectivity index (χ1) is 10.7. The lowest BCUT2D eigenvalue weighted by atomic mass is 10.0. The largest absolute Gasteiger partial charge is 0.496 e. The van der Waals surface area contributed by atoms with Crippen LogP contribution in [0.2, 0.25) is 0 Å². The van der Waals surface area contributed by atoms with Crippen molar-refractivity contribution >= 4 is 0 Å². The lowest BCUT2D eigenvalue weighted by Crippen LogP contribution is -2.46. The second kappa shape index (κ2) is 6.50. The fourth-order valence-corrected chi connectivity index (χ4v) is 3.12. The van der Waals surface area contributed by atoms with E-state index < -0.39 is 0 Å². The highest BCUT2D eigenvalue weighted by Gasteiger charge is 2.27. The monoisotopic (exact) mass is 300 g/mol. The highest BCUT2D eigenvalue weighted by atomic mass is 16.5. The van der Waals surface area contributed by atoms with Crippen molar-refractivity contribution < 1.29 is 4.74 Å². The number of imidazole rings is 1. The van der Waals surface area contributed by atoms with Crippen molar-refractivity contribution in [2.45, 2.75) is 12.6 Å². The Hall–Kier alpha value is -1.85. The first-order valence-corrected chi connectivity index (χ1v) is 7.69. The van der Waals surface area contributed by atoms with E-state index in [0.717, 1.165) is 31.9 Å². The number of ether oxygens (including phenoxy) is 1. The van der Waals surface area contributed by atoms with E-state index in [2.05, 4.69) is 45.6 Å². The Morgan fingerprint density at radius 1 is 1.23 bits per heavy atom. The minimum atomic E-state index is 0.359. The Morgan fingerprint density at radius 2 is 2.05 bits per heavy atom. The highest BCUT2D eigenvalue weighted by Crippen LogP contribution is 2.31. The third-order valence-corrected chi connectivity index (χ3v) is 4.53. The predicted molar refractivity (Wildman–Crippen MR) is 86.9 cm³/mol. The van der Waals surface area contributed by atoms with E-state index in [1.807, 2.05) is 24.7 Å². The fraction of sp³-hybridized carbons (Fsp3) is 0.471. The summed E-state index contributed by atoms with van der Waals surface area (Å²) in [4.78, 5) is 9.12. The number of nitrogens with zero attached hydrogens (tertiary/aromatic N) is 4. The SMILES string of the molecule is COc1ccccc1[C@H]1CN(Cc2cncn2C)CCN1C. The van der Waals surface area contributed by atoms with Gasteiger partial charge in [-0.15, -0.1) is 0 Å². The molecule has 0 aliphatic carbocycles. The summed E-state index contributed by atoms with van der Waals surface area (Å²) in [7, 11) is 5.99. The van der Waals surface area contributed by atoms with Crippen LogP contribution >= 0.6 is 0 Å². The lowest BCUT2D eigenvalue weighted by molar-refractivity contribution is 0.0875. The summed E-state index contributed by atoms with van der Waals surface area (Å²) in [5, 5.41) is 0. The van der Waals surface area contributed by atoms with E-state index in [-0.39, 0.29) is 0 Å². The summed E-state index contributed by atoms with van der Waals surface area (Å²) in [5.41, 5.74) is 2.52. The maximum atomic E-state index is 5.55. The highest BCUT2D eigenvalue weighted by molar-refractivity contribution is 5.36. The number of likely N-dealkylation sites (N-methyl/N-ethyl adjacent to an activating group) is 1. The summed E-state index contributed by atoms with van der Waals surface area (Å²) in [6, 6.07) is 8.69. The van der Waals surface area contributed by atoms with Crippen LogP contribution in [0.5, 0.6) is 5.75 Å². The van der Waals surface area contributed by atoms with Gasteiger partial charge in [-0.1, -0.05) is 18.2 Å². The molecular weight excluding hydrogens is 276 g/mol. The topological polar surface area (TPSA) is 33.5 Å². The molecule has 3 rings (SSSR count). The number of aromatic nitrogens is 2. The van der Waals surface area contributed by atoms with Gasteiger partial charge in [-0.25, -0.2) is 4.98 Å². The van der Waals surface area contributed by atoms with E-state index in [9.17, 15) is 0 Å². The van der Waals surface area contributed by atoms with Crippen molar-refractivity contribution in [2.75, 3.05) is 33.8 Å². The van der Waals surface area contributed by atoms with Gasteiger partial charge < -0.3 is 9.30 Å². The van der Waals surface area contributed by atoms with Crippen LogP contribution < -0.4 is 4.74 Å². The molecule has 5 nitrogen and oxygen atoms in total. The number of para-hydroxylation sites is 1. The van der Waals surface area contributed by atoms with Gasteiger partial charge in [0.25, 0.3) is 0 Å². The molecule has 2 aromatic rings. The van der Waals surface area contributed by atoms with Crippen LogP contribution in [-0.4, -0.2) is 53.1 Å². The molecule has 0 radical (unpaired) electrons. The molecule has 0 bridgehead atoms. The molecule has 1 aliphatic heterocycles. The Morgan fingerprint density at radius 3 is 2.77 bits per heavy atom. The molecule has 0 unspecified atom stereocenters. The van der Waals surface area contributed by atoms with Crippen LogP contribution in [0.15, 0.2) is 36.8 Å². The minimum absolute atomic E-state index is 0.359. The first-order valence-electron chi connectivity index (χ1n) is 7.69. The lowest BCUT2D eigenvalue weighted by Gasteiger charge is -2.40. The molecular formula is C17H24N4O. The molecule has 5 heteroatoms. The van der Waals surface area contributed by atoms with Crippen molar-refractivity contribution in [1.82, 2.24) is 19.4 Å². The first kappa shape index (κ1) is 15.1. The molecule has 1 atom stereocenters. The Labute approximate surface area is 132 Å². The second-order valence-corrected chi connectivity index (χ2v) is 5.97. The molecule has 1 aliphatic rings. The number of rotatable bonds is 4.